The average Bonchev–Trinajstić information content (AvgIpc) is 3.26. The standard InChI is InChI=1S/C15H17NO5/c1-20-15(7-8-15)9-12(13(17)18)16-14(19)21-10-11-5-3-2-4-6-11/h2-6,9H,7-8,10H2,1H3,(H,16,19)(H,17,18)/b12-9-. The number of methoxy groups -OCH3 is 1. The molecule has 6 nitrogen and oxygen atoms in total. The fraction of sp³-hybridized carbons (Fsp3) is 0.333. The maximum atomic E-state index is 11.6. The lowest BCUT2D eigenvalue weighted by molar-refractivity contribution is -0.133. The number of alkyl carbamates (subject to hydrolysis) is 1. The van der Waals surface area contributed by atoms with E-state index < -0.39 is 17.7 Å². The molecule has 0 radical (unpaired) electrons. The first kappa shape index (κ1) is 15.1. The number of carbonyl (C=O) groups excluding carboxylic acids is 1. The smallest absolute Gasteiger partial charge is 0.412 e. The molecule has 1 aromatic carbocycles. The van der Waals surface area contributed by atoms with E-state index in [0.717, 1.165) is 18.4 Å². The van der Waals surface area contributed by atoms with Crippen molar-refractivity contribution in [3.63, 3.8) is 0 Å². The molecule has 1 aliphatic carbocycles. The molecule has 1 aromatic rings. The monoisotopic (exact) mass is 291 g/mol. The fourth-order valence-corrected chi connectivity index (χ4v) is 1.81. The molecule has 1 aliphatic rings. The van der Waals surface area contributed by atoms with Gasteiger partial charge in [0.1, 0.15) is 12.3 Å². The Morgan fingerprint density at radius 3 is 2.52 bits per heavy atom. The molecule has 1 amide bonds. The van der Waals surface area contributed by atoms with E-state index in [0.29, 0.717) is 0 Å². The number of nitrogens with one attached hydrogen (secondary N) is 1. The molecule has 21 heavy (non-hydrogen) atoms. The van der Waals surface area contributed by atoms with E-state index >= 15 is 0 Å². The molecule has 112 valence electrons. The van der Waals surface area contributed by atoms with Crippen molar-refractivity contribution in [2.75, 3.05) is 7.11 Å². The van der Waals surface area contributed by atoms with Crippen LogP contribution in [0.25, 0.3) is 0 Å². The van der Waals surface area contributed by atoms with E-state index in [1.165, 1.54) is 13.2 Å². The fourth-order valence-electron chi connectivity index (χ4n) is 1.81. The van der Waals surface area contributed by atoms with Crippen LogP contribution in [0.15, 0.2) is 42.1 Å². The van der Waals surface area contributed by atoms with Crippen molar-refractivity contribution in [2.24, 2.45) is 0 Å². The predicted octanol–water partition coefficient (Wildman–Crippen LogP) is 2.06. The van der Waals surface area contributed by atoms with Crippen molar-refractivity contribution >= 4 is 12.1 Å². The van der Waals surface area contributed by atoms with Gasteiger partial charge in [-0.05, 0) is 24.5 Å². The number of benzene rings is 1. The van der Waals surface area contributed by atoms with Crippen LogP contribution in [-0.4, -0.2) is 29.9 Å². The Labute approximate surface area is 122 Å². The summed E-state index contributed by atoms with van der Waals surface area (Å²) in [4.78, 5) is 22.8. The molecule has 0 aliphatic heterocycles. The van der Waals surface area contributed by atoms with Gasteiger partial charge in [0.2, 0.25) is 0 Å². The van der Waals surface area contributed by atoms with E-state index in [-0.39, 0.29) is 12.3 Å². The summed E-state index contributed by atoms with van der Waals surface area (Å²) in [5.74, 6) is -1.23. The minimum Gasteiger partial charge on any atom is -0.477 e. The van der Waals surface area contributed by atoms with E-state index in [9.17, 15) is 9.59 Å². The van der Waals surface area contributed by atoms with E-state index in [1.54, 1.807) is 0 Å². The molecular weight excluding hydrogens is 274 g/mol. The van der Waals surface area contributed by atoms with Crippen LogP contribution < -0.4 is 5.32 Å². The Morgan fingerprint density at radius 1 is 1.33 bits per heavy atom. The van der Waals surface area contributed by atoms with Crippen molar-refractivity contribution < 1.29 is 24.2 Å². The minimum atomic E-state index is -1.23. The number of carbonyl (C=O) groups is 2. The van der Waals surface area contributed by atoms with Gasteiger partial charge in [-0.1, -0.05) is 30.3 Å². The highest BCUT2D eigenvalue weighted by atomic mass is 16.5. The molecule has 2 N–H and O–H groups in total. The largest absolute Gasteiger partial charge is 0.477 e. The molecule has 2 rings (SSSR count). The highest BCUT2D eigenvalue weighted by Crippen LogP contribution is 2.40. The van der Waals surface area contributed by atoms with Crippen LogP contribution in [0.4, 0.5) is 4.79 Å². The highest BCUT2D eigenvalue weighted by Gasteiger charge is 2.42. The zero-order valence-corrected chi connectivity index (χ0v) is 11.7. The summed E-state index contributed by atoms with van der Waals surface area (Å²) in [6.45, 7) is 0.0784. The molecule has 0 unspecified atom stereocenters. The topological polar surface area (TPSA) is 84.9 Å². The van der Waals surface area contributed by atoms with E-state index in [4.69, 9.17) is 14.6 Å². The van der Waals surface area contributed by atoms with Crippen LogP contribution >= 0.6 is 0 Å². The Kier molecular flexibility index (Phi) is 4.59. The van der Waals surface area contributed by atoms with Crippen LogP contribution in [0.5, 0.6) is 0 Å². The Morgan fingerprint density at radius 2 is 2.00 bits per heavy atom. The van der Waals surface area contributed by atoms with Crippen LogP contribution in [0.1, 0.15) is 18.4 Å². The normalized spacial score (nSPS) is 16.1. The third kappa shape index (κ3) is 4.32. The number of ether oxygens (including phenoxy) is 2. The van der Waals surface area contributed by atoms with Crippen molar-refractivity contribution in [3.8, 4) is 0 Å². The second-order valence-corrected chi connectivity index (χ2v) is 4.82. The zero-order valence-electron chi connectivity index (χ0n) is 11.7. The Hall–Kier alpha value is -2.34. The van der Waals surface area contributed by atoms with Gasteiger partial charge in [-0.25, -0.2) is 9.59 Å². The van der Waals surface area contributed by atoms with Gasteiger partial charge in [-0.3, -0.25) is 5.32 Å². The van der Waals surface area contributed by atoms with Crippen molar-refractivity contribution in [2.45, 2.75) is 25.0 Å². The van der Waals surface area contributed by atoms with E-state index in [1.807, 2.05) is 30.3 Å². The first-order valence-corrected chi connectivity index (χ1v) is 6.54. The molecule has 6 heteroatoms. The average molecular weight is 291 g/mol. The van der Waals surface area contributed by atoms with Crippen LogP contribution in [-0.2, 0) is 20.9 Å². The maximum absolute atomic E-state index is 11.6. The molecule has 0 atom stereocenters. The molecule has 1 saturated carbocycles. The highest BCUT2D eigenvalue weighted by molar-refractivity contribution is 5.91. The minimum absolute atomic E-state index is 0.0784. The zero-order chi connectivity index (χ0) is 15.3. The molecule has 0 saturated heterocycles. The van der Waals surface area contributed by atoms with Gasteiger partial charge in [0, 0.05) is 7.11 Å². The molecule has 1 fully saturated rings. The van der Waals surface area contributed by atoms with Gasteiger partial charge in [0.25, 0.3) is 0 Å². The third-order valence-electron chi connectivity index (χ3n) is 3.24. The first-order chi connectivity index (χ1) is 10.0. The Bertz CT molecular complexity index is 548. The maximum Gasteiger partial charge on any atom is 0.412 e. The summed E-state index contributed by atoms with van der Waals surface area (Å²) >= 11 is 0. The van der Waals surface area contributed by atoms with Crippen molar-refractivity contribution in [3.05, 3.63) is 47.7 Å². The second-order valence-electron chi connectivity index (χ2n) is 4.82. The summed E-state index contributed by atoms with van der Waals surface area (Å²) in [6.07, 6.45) is 2.08. The summed E-state index contributed by atoms with van der Waals surface area (Å²) in [7, 11) is 1.51. The van der Waals surface area contributed by atoms with Crippen LogP contribution in [0.2, 0.25) is 0 Å². The molecule has 0 aromatic heterocycles. The Balaban J connectivity index is 1.92. The lowest BCUT2D eigenvalue weighted by atomic mass is 10.2. The third-order valence-corrected chi connectivity index (χ3v) is 3.24. The number of aliphatic carboxylic acids is 1. The molecular formula is C15H17NO5. The summed E-state index contributed by atoms with van der Waals surface area (Å²) in [5.41, 5.74) is 0.0249. The first-order valence-electron chi connectivity index (χ1n) is 6.54. The summed E-state index contributed by atoms with van der Waals surface area (Å²) in [6, 6.07) is 9.13. The summed E-state index contributed by atoms with van der Waals surface area (Å²) < 4.78 is 10.2. The lowest BCUT2D eigenvalue weighted by Gasteiger charge is -2.11. The summed E-state index contributed by atoms with van der Waals surface area (Å²) in [5, 5.41) is 11.3. The van der Waals surface area contributed by atoms with Gasteiger partial charge >= 0.3 is 12.1 Å². The number of rotatable bonds is 6. The van der Waals surface area contributed by atoms with Gasteiger partial charge in [0.15, 0.2) is 0 Å². The van der Waals surface area contributed by atoms with Crippen LogP contribution in [0.3, 0.4) is 0 Å². The van der Waals surface area contributed by atoms with Crippen molar-refractivity contribution in [1.82, 2.24) is 5.32 Å². The van der Waals surface area contributed by atoms with E-state index in [2.05, 4.69) is 5.32 Å². The number of carboxylic acids is 1. The number of amides is 1. The van der Waals surface area contributed by atoms with Gasteiger partial charge in [-0.15, -0.1) is 0 Å². The molecule has 0 spiro atoms. The van der Waals surface area contributed by atoms with Gasteiger partial charge < -0.3 is 14.6 Å². The quantitative estimate of drug-likeness (QED) is 0.784. The molecule has 0 bridgehead atoms. The van der Waals surface area contributed by atoms with Crippen molar-refractivity contribution in [1.29, 1.82) is 0 Å². The number of hydrogen-bond donors (Lipinski definition) is 2. The van der Waals surface area contributed by atoms with Gasteiger partial charge in [0.05, 0.1) is 5.60 Å². The predicted molar refractivity (Wildman–Crippen MR) is 74.5 cm³/mol. The number of hydrogen-bond acceptors (Lipinski definition) is 4. The van der Waals surface area contributed by atoms with Crippen LogP contribution in [0, 0.1) is 0 Å². The van der Waals surface area contributed by atoms with Gasteiger partial charge in [-0.2, -0.15) is 0 Å². The number of carboxylic acid groups (broad SMARTS) is 1. The lowest BCUT2D eigenvalue weighted by Crippen LogP contribution is -2.29. The SMILES string of the molecule is COC1(/C=C(\NC(=O)OCc2ccccc2)C(=O)O)CC1. The second kappa shape index (κ2) is 6.41. The molecule has 0 heterocycles.